The van der Waals surface area contributed by atoms with Gasteiger partial charge in [0.2, 0.25) is 10.0 Å². The molecule has 0 saturated heterocycles. The second kappa shape index (κ2) is 6.62. The first kappa shape index (κ1) is 14.7. The van der Waals surface area contributed by atoms with Gasteiger partial charge in [0.25, 0.3) is 0 Å². The van der Waals surface area contributed by atoms with Crippen molar-refractivity contribution in [3.63, 3.8) is 0 Å². The Bertz CT molecular complexity index is 611. The Balaban J connectivity index is 1.84. The normalized spacial score (nSPS) is 13.2. The Labute approximate surface area is 118 Å². The average molecular weight is 294 g/mol. The molecule has 0 amide bonds. The van der Waals surface area contributed by atoms with Gasteiger partial charge in [-0.15, -0.1) is 0 Å². The summed E-state index contributed by atoms with van der Waals surface area (Å²) < 4.78 is 28.2. The molecule has 0 aliphatic carbocycles. The van der Waals surface area contributed by atoms with Crippen molar-refractivity contribution in [3.8, 4) is 0 Å². The molecule has 0 saturated carbocycles. The van der Waals surface area contributed by atoms with Gasteiger partial charge in [0, 0.05) is 6.04 Å². The number of sulfonamides is 1. The minimum Gasteiger partial charge on any atom is -0.251 e. The Kier molecular flexibility index (Phi) is 4.86. The van der Waals surface area contributed by atoms with Crippen LogP contribution >= 0.6 is 0 Å². The largest absolute Gasteiger partial charge is 0.251 e. The van der Waals surface area contributed by atoms with Crippen LogP contribution in [0.5, 0.6) is 0 Å². The van der Waals surface area contributed by atoms with E-state index < -0.39 is 10.0 Å². The van der Waals surface area contributed by atoms with Crippen LogP contribution in [0.25, 0.3) is 0 Å². The smallest absolute Gasteiger partial charge is 0.212 e. The molecule has 0 aliphatic heterocycles. The lowest BCUT2D eigenvalue weighted by atomic mass is 10.2. The van der Waals surface area contributed by atoms with E-state index in [1.165, 1.54) is 6.33 Å². The van der Waals surface area contributed by atoms with Crippen LogP contribution in [0.2, 0.25) is 0 Å². The van der Waals surface area contributed by atoms with Crippen LogP contribution in [0.15, 0.2) is 43.0 Å². The highest BCUT2D eigenvalue weighted by Crippen LogP contribution is 2.02. The summed E-state index contributed by atoms with van der Waals surface area (Å²) in [4.78, 5) is 3.82. The number of benzene rings is 1. The molecule has 1 heterocycles. The zero-order valence-corrected chi connectivity index (χ0v) is 12.1. The summed E-state index contributed by atoms with van der Waals surface area (Å²) in [5.41, 5.74) is 1.02. The fourth-order valence-corrected chi connectivity index (χ4v) is 3.22. The zero-order valence-electron chi connectivity index (χ0n) is 11.3. The van der Waals surface area contributed by atoms with Crippen molar-refractivity contribution in [2.75, 3.05) is 5.75 Å². The number of nitrogens with zero attached hydrogens (tertiary/aromatic N) is 3. The van der Waals surface area contributed by atoms with E-state index in [1.54, 1.807) is 11.0 Å². The highest BCUT2D eigenvalue weighted by molar-refractivity contribution is 7.89. The van der Waals surface area contributed by atoms with E-state index >= 15 is 0 Å². The standard InChI is InChI=1S/C13H18N4O2S/c1-12(9-17-11-14-10-15-17)16-20(18,19)8-7-13-5-3-2-4-6-13/h2-6,10-12,16H,7-9H2,1H3/t12-/m0/s1. The number of aromatic nitrogens is 3. The van der Waals surface area contributed by atoms with Gasteiger partial charge in [-0.2, -0.15) is 5.10 Å². The average Bonchev–Trinajstić information content (AvgIpc) is 2.90. The molecule has 2 rings (SSSR count). The van der Waals surface area contributed by atoms with Crippen molar-refractivity contribution in [1.29, 1.82) is 0 Å². The SMILES string of the molecule is C[C@@H](Cn1cncn1)NS(=O)(=O)CCc1ccccc1. The maximum absolute atomic E-state index is 12.0. The first-order valence-corrected chi connectivity index (χ1v) is 8.07. The summed E-state index contributed by atoms with van der Waals surface area (Å²) in [7, 11) is -3.29. The third kappa shape index (κ3) is 4.75. The van der Waals surface area contributed by atoms with Crippen LogP contribution in [0.4, 0.5) is 0 Å². The molecule has 108 valence electrons. The van der Waals surface area contributed by atoms with E-state index in [2.05, 4.69) is 14.8 Å². The molecule has 0 radical (unpaired) electrons. The predicted molar refractivity (Wildman–Crippen MR) is 76.6 cm³/mol. The molecule has 6 nitrogen and oxygen atoms in total. The van der Waals surface area contributed by atoms with Gasteiger partial charge in [0.1, 0.15) is 12.7 Å². The Morgan fingerprint density at radius 3 is 2.70 bits per heavy atom. The monoisotopic (exact) mass is 294 g/mol. The van der Waals surface area contributed by atoms with Gasteiger partial charge in [-0.05, 0) is 18.9 Å². The summed E-state index contributed by atoms with van der Waals surface area (Å²) in [5.74, 6) is 0.0821. The molecule has 1 atom stereocenters. The van der Waals surface area contributed by atoms with Crippen LogP contribution in [-0.2, 0) is 23.0 Å². The number of hydrogen-bond acceptors (Lipinski definition) is 4. The summed E-state index contributed by atoms with van der Waals surface area (Å²) in [6, 6.07) is 9.35. The van der Waals surface area contributed by atoms with Gasteiger partial charge in [0.15, 0.2) is 0 Å². The quantitative estimate of drug-likeness (QED) is 0.820. The highest BCUT2D eigenvalue weighted by atomic mass is 32.2. The molecule has 1 N–H and O–H groups in total. The van der Waals surface area contributed by atoms with E-state index in [9.17, 15) is 8.42 Å². The van der Waals surface area contributed by atoms with Crippen molar-refractivity contribution in [2.24, 2.45) is 0 Å². The molecule has 20 heavy (non-hydrogen) atoms. The second-order valence-corrected chi connectivity index (χ2v) is 6.56. The minimum absolute atomic E-state index is 0.0821. The lowest BCUT2D eigenvalue weighted by Gasteiger charge is -2.14. The molecular formula is C13H18N4O2S. The van der Waals surface area contributed by atoms with Crippen LogP contribution < -0.4 is 4.72 Å². The van der Waals surface area contributed by atoms with E-state index in [0.717, 1.165) is 5.56 Å². The summed E-state index contributed by atoms with van der Waals surface area (Å²) in [6.45, 7) is 2.27. The predicted octanol–water partition coefficient (Wildman–Crippen LogP) is 0.829. The minimum atomic E-state index is -3.29. The molecule has 0 bridgehead atoms. The molecule has 1 aromatic carbocycles. The van der Waals surface area contributed by atoms with Gasteiger partial charge in [-0.25, -0.2) is 18.1 Å². The molecule has 1 aromatic heterocycles. The van der Waals surface area contributed by atoms with Crippen molar-refractivity contribution < 1.29 is 8.42 Å². The Hall–Kier alpha value is -1.73. The fraction of sp³-hybridized carbons (Fsp3) is 0.385. The maximum Gasteiger partial charge on any atom is 0.212 e. The van der Waals surface area contributed by atoms with Gasteiger partial charge in [0.05, 0.1) is 12.3 Å². The molecule has 0 spiro atoms. The van der Waals surface area contributed by atoms with Gasteiger partial charge in [-0.3, -0.25) is 4.68 Å². The molecule has 0 aliphatic rings. The van der Waals surface area contributed by atoms with Crippen LogP contribution in [0, 0.1) is 0 Å². The van der Waals surface area contributed by atoms with Crippen LogP contribution in [0.1, 0.15) is 12.5 Å². The third-order valence-corrected chi connectivity index (χ3v) is 4.31. The third-order valence-electron chi connectivity index (χ3n) is 2.81. The lowest BCUT2D eigenvalue weighted by Crippen LogP contribution is -2.37. The van der Waals surface area contributed by atoms with Crippen molar-refractivity contribution in [1.82, 2.24) is 19.5 Å². The maximum atomic E-state index is 12.0. The van der Waals surface area contributed by atoms with E-state index in [1.807, 2.05) is 37.3 Å². The van der Waals surface area contributed by atoms with Crippen molar-refractivity contribution in [3.05, 3.63) is 48.5 Å². The molecule has 2 aromatic rings. The summed E-state index contributed by atoms with van der Waals surface area (Å²) >= 11 is 0. The highest BCUT2D eigenvalue weighted by Gasteiger charge is 2.15. The topological polar surface area (TPSA) is 76.9 Å². The number of nitrogens with one attached hydrogen (secondary N) is 1. The lowest BCUT2D eigenvalue weighted by molar-refractivity contribution is 0.493. The first-order chi connectivity index (χ1) is 9.55. The van der Waals surface area contributed by atoms with Crippen molar-refractivity contribution >= 4 is 10.0 Å². The number of hydrogen-bond donors (Lipinski definition) is 1. The van der Waals surface area contributed by atoms with E-state index in [4.69, 9.17) is 0 Å². The number of aryl methyl sites for hydroxylation is 1. The zero-order chi connectivity index (χ0) is 14.4. The van der Waals surface area contributed by atoms with Crippen molar-refractivity contribution in [2.45, 2.75) is 25.9 Å². The van der Waals surface area contributed by atoms with Crippen LogP contribution in [0.3, 0.4) is 0 Å². The Morgan fingerprint density at radius 2 is 2.05 bits per heavy atom. The summed E-state index contributed by atoms with van der Waals surface area (Å²) in [6.07, 6.45) is 3.50. The van der Waals surface area contributed by atoms with Gasteiger partial charge < -0.3 is 0 Å². The molecule has 7 heteroatoms. The van der Waals surface area contributed by atoms with E-state index in [0.29, 0.717) is 13.0 Å². The Morgan fingerprint density at radius 1 is 1.30 bits per heavy atom. The van der Waals surface area contributed by atoms with Gasteiger partial charge >= 0.3 is 0 Å². The fourth-order valence-electron chi connectivity index (χ4n) is 1.91. The molecular weight excluding hydrogens is 276 g/mol. The second-order valence-electron chi connectivity index (χ2n) is 4.69. The van der Waals surface area contributed by atoms with Gasteiger partial charge in [-0.1, -0.05) is 30.3 Å². The first-order valence-electron chi connectivity index (χ1n) is 6.41. The van der Waals surface area contributed by atoms with Crippen LogP contribution in [-0.4, -0.2) is 35.0 Å². The molecule has 0 unspecified atom stereocenters. The summed E-state index contributed by atoms with van der Waals surface area (Å²) in [5, 5.41) is 3.95. The van der Waals surface area contributed by atoms with E-state index in [-0.39, 0.29) is 11.8 Å². The molecule has 0 fully saturated rings. The number of rotatable bonds is 7.